The van der Waals surface area contributed by atoms with Crippen LogP contribution in [0.3, 0.4) is 0 Å². The standard InChI is InChI=1S/C18H24N2O4/c1-23-14-8-6-13(7-9-14)18(22)19-12-17(21)20-10-11-24-16-5-3-2-4-15(16)20/h6-9,15-16H,2-5,10-12H2,1H3,(H,19,22). The van der Waals surface area contributed by atoms with Crippen molar-refractivity contribution in [2.45, 2.75) is 37.8 Å². The second-order valence-corrected chi connectivity index (χ2v) is 6.26. The van der Waals surface area contributed by atoms with Gasteiger partial charge in [0.2, 0.25) is 5.91 Å². The largest absolute Gasteiger partial charge is 0.497 e. The van der Waals surface area contributed by atoms with Gasteiger partial charge in [-0.15, -0.1) is 0 Å². The third-order valence-electron chi connectivity index (χ3n) is 4.80. The van der Waals surface area contributed by atoms with E-state index in [1.165, 1.54) is 0 Å². The van der Waals surface area contributed by atoms with Crippen molar-refractivity contribution >= 4 is 11.8 Å². The Balaban J connectivity index is 1.55. The number of amides is 2. The number of nitrogens with zero attached hydrogens (tertiary/aromatic N) is 1. The first-order chi connectivity index (χ1) is 11.7. The van der Waals surface area contributed by atoms with Crippen molar-refractivity contribution in [3.8, 4) is 5.75 Å². The number of ether oxygens (including phenoxy) is 2. The van der Waals surface area contributed by atoms with Crippen LogP contribution in [0.1, 0.15) is 36.0 Å². The normalized spacial score (nSPS) is 23.3. The van der Waals surface area contributed by atoms with Crippen molar-refractivity contribution < 1.29 is 19.1 Å². The zero-order chi connectivity index (χ0) is 16.9. The lowest BCUT2D eigenvalue weighted by Crippen LogP contribution is -2.56. The molecule has 3 rings (SSSR count). The van der Waals surface area contributed by atoms with Crippen LogP contribution in [0.15, 0.2) is 24.3 Å². The monoisotopic (exact) mass is 332 g/mol. The lowest BCUT2D eigenvalue weighted by molar-refractivity contribution is -0.148. The molecule has 130 valence electrons. The maximum absolute atomic E-state index is 12.5. The summed E-state index contributed by atoms with van der Waals surface area (Å²) < 4.78 is 10.9. The Kier molecular flexibility index (Phi) is 5.35. The molecule has 6 nitrogen and oxygen atoms in total. The molecule has 6 heteroatoms. The lowest BCUT2D eigenvalue weighted by atomic mass is 9.90. The van der Waals surface area contributed by atoms with Gasteiger partial charge in [-0.05, 0) is 37.1 Å². The Bertz CT molecular complexity index is 585. The first-order valence-corrected chi connectivity index (χ1v) is 8.52. The van der Waals surface area contributed by atoms with Gasteiger partial charge in [-0.1, -0.05) is 12.8 Å². The van der Waals surface area contributed by atoms with Gasteiger partial charge in [0.15, 0.2) is 0 Å². The Hall–Kier alpha value is -2.08. The second kappa shape index (κ2) is 7.66. The van der Waals surface area contributed by atoms with Gasteiger partial charge in [0, 0.05) is 12.1 Å². The number of hydrogen-bond donors (Lipinski definition) is 1. The number of morpholine rings is 1. The van der Waals surface area contributed by atoms with Crippen LogP contribution in [0.25, 0.3) is 0 Å². The molecule has 1 aromatic carbocycles. The molecule has 24 heavy (non-hydrogen) atoms. The van der Waals surface area contributed by atoms with Gasteiger partial charge in [0.25, 0.3) is 5.91 Å². The van der Waals surface area contributed by atoms with E-state index in [1.807, 2.05) is 4.90 Å². The predicted octanol–water partition coefficient (Wildman–Crippen LogP) is 1.59. The minimum Gasteiger partial charge on any atom is -0.497 e. The summed E-state index contributed by atoms with van der Waals surface area (Å²) in [6.45, 7) is 1.21. The van der Waals surface area contributed by atoms with Crippen LogP contribution in [0.2, 0.25) is 0 Å². The fourth-order valence-corrected chi connectivity index (χ4v) is 3.51. The molecule has 0 aromatic heterocycles. The third kappa shape index (κ3) is 3.70. The predicted molar refractivity (Wildman–Crippen MR) is 89.0 cm³/mol. The van der Waals surface area contributed by atoms with Gasteiger partial charge in [0.1, 0.15) is 5.75 Å². The molecule has 2 amide bonds. The van der Waals surface area contributed by atoms with Crippen LogP contribution in [0, 0.1) is 0 Å². The topological polar surface area (TPSA) is 67.9 Å². The van der Waals surface area contributed by atoms with Crippen molar-refractivity contribution in [3.63, 3.8) is 0 Å². The van der Waals surface area contributed by atoms with E-state index in [2.05, 4.69) is 5.32 Å². The molecule has 0 radical (unpaired) electrons. The van der Waals surface area contributed by atoms with Crippen LogP contribution in [-0.4, -0.2) is 55.7 Å². The summed E-state index contributed by atoms with van der Waals surface area (Å²) in [5.41, 5.74) is 0.515. The van der Waals surface area contributed by atoms with E-state index in [9.17, 15) is 9.59 Å². The smallest absolute Gasteiger partial charge is 0.251 e. The maximum Gasteiger partial charge on any atom is 0.251 e. The molecule has 1 N–H and O–H groups in total. The van der Waals surface area contributed by atoms with E-state index in [1.54, 1.807) is 31.4 Å². The number of hydrogen-bond acceptors (Lipinski definition) is 4. The first kappa shape index (κ1) is 16.8. The van der Waals surface area contributed by atoms with E-state index in [0.717, 1.165) is 25.7 Å². The molecule has 1 aliphatic heterocycles. The molecule has 2 fully saturated rings. The first-order valence-electron chi connectivity index (χ1n) is 8.52. The van der Waals surface area contributed by atoms with Crippen LogP contribution >= 0.6 is 0 Å². The summed E-state index contributed by atoms with van der Waals surface area (Å²) in [7, 11) is 1.58. The van der Waals surface area contributed by atoms with E-state index >= 15 is 0 Å². The highest BCUT2D eigenvalue weighted by molar-refractivity contribution is 5.96. The Morgan fingerprint density at radius 3 is 2.75 bits per heavy atom. The molecule has 1 aromatic rings. The summed E-state index contributed by atoms with van der Waals surface area (Å²) in [6.07, 6.45) is 4.47. The van der Waals surface area contributed by atoms with Crippen LogP contribution in [0.4, 0.5) is 0 Å². The number of benzene rings is 1. The number of carbonyl (C=O) groups is 2. The highest BCUT2D eigenvalue weighted by Gasteiger charge is 2.36. The van der Waals surface area contributed by atoms with Crippen molar-refractivity contribution in [1.29, 1.82) is 0 Å². The highest BCUT2D eigenvalue weighted by Crippen LogP contribution is 2.28. The number of fused-ring (bicyclic) bond motifs is 1. The molecular formula is C18H24N2O4. The molecule has 2 unspecified atom stereocenters. The molecule has 1 heterocycles. The van der Waals surface area contributed by atoms with E-state index in [4.69, 9.17) is 9.47 Å². The van der Waals surface area contributed by atoms with Gasteiger partial charge in [-0.3, -0.25) is 9.59 Å². The minimum atomic E-state index is -0.251. The molecule has 0 bridgehead atoms. The zero-order valence-corrected chi connectivity index (χ0v) is 14.0. The molecule has 1 saturated carbocycles. The molecule has 2 atom stereocenters. The summed E-state index contributed by atoms with van der Waals surface area (Å²) in [6, 6.07) is 6.99. The van der Waals surface area contributed by atoms with Crippen molar-refractivity contribution in [2.75, 3.05) is 26.8 Å². The Morgan fingerprint density at radius 2 is 2.00 bits per heavy atom. The molecule has 0 spiro atoms. The van der Waals surface area contributed by atoms with Crippen molar-refractivity contribution in [1.82, 2.24) is 10.2 Å². The summed E-state index contributed by atoms with van der Waals surface area (Å²) in [5.74, 6) is 0.413. The fraction of sp³-hybridized carbons (Fsp3) is 0.556. The Morgan fingerprint density at radius 1 is 1.25 bits per heavy atom. The van der Waals surface area contributed by atoms with Gasteiger partial charge < -0.3 is 19.7 Å². The summed E-state index contributed by atoms with van der Waals surface area (Å²) >= 11 is 0. The lowest BCUT2D eigenvalue weighted by Gasteiger charge is -2.43. The Labute approximate surface area is 142 Å². The van der Waals surface area contributed by atoms with Gasteiger partial charge in [0.05, 0.1) is 32.4 Å². The maximum atomic E-state index is 12.5. The number of nitrogens with one attached hydrogen (secondary N) is 1. The van der Waals surface area contributed by atoms with Crippen molar-refractivity contribution in [2.24, 2.45) is 0 Å². The number of rotatable bonds is 4. The van der Waals surface area contributed by atoms with E-state index in [-0.39, 0.29) is 30.5 Å². The average molecular weight is 332 g/mol. The quantitative estimate of drug-likeness (QED) is 0.909. The SMILES string of the molecule is COc1ccc(C(=O)NCC(=O)N2CCOC3CCCCC32)cc1. The van der Waals surface area contributed by atoms with E-state index in [0.29, 0.717) is 24.5 Å². The third-order valence-corrected chi connectivity index (χ3v) is 4.80. The highest BCUT2D eigenvalue weighted by atomic mass is 16.5. The van der Waals surface area contributed by atoms with Gasteiger partial charge in [-0.25, -0.2) is 0 Å². The minimum absolute atomic E-state index is 0.0219. The second-order valence-electron chi connectivity index (χ2n) is 6.26. The van der Waals surface area contributed by atoms with Gasteiger partial charge >= 0.3 is 0 Å². The molecular weight excluding hydrogens is 308 g/mol. The molecule has 1 aliphatic carbocycles. The zero-order valence-electron chi connectivity index (χ0n) is 14.0. The van der Waals surface area contributed by atoms with E-state index < -0.39 is 0 Å². The number of carbonyl (C=O) groups excluding carboxylic acids is 2. The fourth-order valence-electron chi connectivity index (χ4n) is 3.51. The molecule has 2 aliphatic rings. The van der Waals surface area contributed by atoms with Gasteiger partial charge in [-0.2, -0.15) is 0 Å². The molecule has 1 saturated heterocycles. The van der Waals surface area contributed by atoms with Crippen LogP contribution < -0.4 is 10.1 Å². The average Bonchev–Trinajstić information content (AvgIpc) is 2.65. The van der Waals surface area contributed by atoms with Crippen molar-refractivity contribution in [3.05, 3.63) is 29.8 Å². The van der Waals surface area contributed by atoms with Crippen LogP contribution in [0.5, 0.6) is 5.75 Å². The van der Waals surface area contributed by atoms with Crippen LogP contribution in [-0.2, 0) is 9.53 Å². The summed E-state index contributed by atoms with van der Waals surface area (Å²) in [4.78, 5) is 26.6. The summed E-state index contributed by atoms with van der Waals surface area (Å²) in [5, 5.41) is 2.72. The number of methoxy groups -OCH3 is 1.